The lowest BCUT2D eigenvalue weighted by molar-refractivity contribution is -0.142. The molecule has 4 nitrogen and oxygen atoms in total. The fraction of sp³-hybridized carbons (Fsp3) is 0.385. The Labute approximate surface area is 101 Å². The molecule has 0 aromatic heterocycles. The van der Waals surface area contributed by atoms with Crippen molar-refractivity contribution in [2.45, 2.75) is 26.8 Å². The van der Waals surface area contributed by atoms with Gasteiger partial charge < -0.3 is 10.5 Å². The number of nitrogens with two attached hydrogens (primary N) is 1. The predicted octanol–water partition coefficient (Wildman–Crippen LogP) is 1.43. The topological polar surface area (TPSA) is 76.1 Å². The molecule has 0 aliphatic heterocycles. The third kappa shape index (κ3) is 3.30. The molecule has 0 bridgehead atoms. The van der Waals surface area contributed by atoms with Gasteiger partial charge >= 0.3 is 5.97 Å². The van der Waals surface area contributed by atoms with E-state index in [1.54, 1.807) is 13.0 Å². The van der Waals surface area contributed by atoms with Crippen LogP contribution in [-0.4, -0.2) is 12.6 Å². The molecule has 0 spiro atoms. The number of esters is 1. The van der Waals surface area contributed by atoms with Gasteiger partial charge in [0, 0.05) is 6.54 Å². The van der Waals surface area contributed by atoms with Crippen molar-refractivity contribution in [3.05, 3.63) is 34.4 Å². The minimum absolute atomic E-state index is 0.221. The van der Waals surface area contributed by atoms with E-state index in [4.69, 9.17) is 15.7 Å². The molecule has 1 aromatic carbocycles. The van der Waals surface area contributed by atoms with Crippen LogP contribution in [0.3, 0.4) is 0 Å². The summed E-state index contributed by atoms with van der Waals surface area (Å²) in [6.07, 6.45) is 0.221. The van der Waals surface area contributed by atoms with E-state index in [-0.39, 0.29) is 12.4 Å². The number of hydrogen-bond acceptors (Lipinski definition) is 4. The van der Waals surface area contributed by atoms with E-state index in [1.807, 2.05) is 13.0 Å². The molecule has 0 radical (unpaired) electrons. The first-order valence-electron chi connectivity index (χ1n) is 5.50. The lowest BCUT2D eigenvalue weighted by atomic mass is 9.98. The highest BCUT2D eigenvalue weighted by molar-refractivity contribution is 5.73. The van der Waals surface area contributed by atoms with Crippen LogP contribution in [0.4, 0.5) is 0 Å². The van der Waals surface area contributed by atoms with Crippen LogP contribution < -0.4 is 5.73 Å². The average molecular weight is 232 g/mol. The second-order valence-electron chi connectivity index (χ2n) is 3.73. The van der Waals surface area contributed by atoms with Gasteiger partial charge in [0.05, 0.1) is 24.7 Å². The molecule has 0 unspecified atom stereocenters. The van der Waals surface area contributed by atoms with Gasteiger partial charge in [-0.1, -0.05) is 6.07 Å². The van der Waals surface area contributed by atoms with E-state index < -0.39 is 0 Å². The van der Waals surface area contributed by atoms with E-state index in [2.05, 4.69) is 6.07 Å². The van der Waals surface area contributed by atoms with E-state index in [1.165, 1.54) is 0 Å². The molecule has 0 saturated heterocycles. The summed E-state index contributed by atoms with van der Waals surface area (Å²) in [4.78, 5) is 11.4. The summed E-state index contributed by atoms with van der Waals surface area (Å²) in [5.41, 5.74) is 8.67. The largest absolute Gasteiger partial charge is 0.466 e. The van der Waals surface area contributed by atoms with Gasteiger partial charge in [-0.25, -0.2) is 0 Å². The van der Waals surface area contributed by atoms with Gasteiger partial charge in [-0.3, -0.25) is 4.79 Å². The molecular formula is C13H16N2O2. The second kappa shape index (κ2) is 6.02. The first-order chi connectivity index (χ1) is 8.12. The highest BCUT2D eigenvalue weighted by atomic mass is 16.5. The quantitative estimate of drug-likeness (QED) is 0.797. The third-order valence-electron chi connectivity index (χ3n) is 2.54. The number of nitriles is 1. The van der Waals surface area contributed by atoms with Crippen LogP contribution in [0.25, 0.3) is 0 Å². The molecule has 0 atom stereocenters. The molecule has 0 aliphatic rings. The monoisotopic (exact) mass is 232 g/mol. The van der Waals surface area contributed by atoms with Gasteiger partial charge in [0.2, 0.25) is 0 Å². The SMILES string of the molecule is CCOC(=O)Cc1cc(CN)c(C#N)cc1C. The minimum atomic E-state index is -0.261. The highest BCUT2D eigenvalue weighted by Gasteiger charge is 2.10. The summed E-state index contributed by atoms with van der Waals surface area (Å²) in [6.45, 7) is 4.31. The lowest BCUT2D eigenvalue weighted by Crippen LogP contribution is -2.10. The zero-order valence-electron chi connectivity index (χ0n) is 10.1. The maximum atomic E-state index is 11.4. The van der Waals surface area contributed by atoms with Crippen molar-refractivity contribution >= 4 is 5.97 Å². The Bertz CT molecular complexity index is 461. The number of benzene rings is 1. The number of rotatable bonds is 4. The van der Waals surface area contributed by atoms with Gasteiger partial charge in [-0.15, -0.1) is 0 Å². The van der Waals surface area contributed by atoms with Crippen molar-refractivity contribution in [3.63, 3.8) is 0 Å². The first kappa shape index (κ1) is 13.2. The molecule has 0 fully saturated rings. The zero-order valence-corrected chi connectivity index (χ0v) is 10.1. The van der Waals surface area contributed by atoms with E-state index in [0.29, 0.717) is 18.7 Å². The molecule has 1 rings (SSSR count). The van der Waals surface area contributed by atoms with E-state index in [9.17, 15) is 4.79 Å². The summed E-state index contributed by atoms with van der Waals surface area (Å²) in [7, 11) is 0. The van der Waals surface area contributed by atoms with Crippen LogP contribution in [0.5, 0.6) is 0 Å². The number of carbonyl (C=O) groups is 1. The van der Waals surface area contributed by atoms with Crippen molar-refractivity contribution in [2.75, 3.05) is 6.61 Å². The molecule has 4 heteroatoms. The molecule has 0 aliphatic carbocycles. The lowest BCUT2D eigenvalue weighted by Gasteiger charge is -2.09. The smallest absolute Gasteiger partial charge is 0.310 e. The molecular weight excluding hydrogens is 216 g/mol. The summed E-state index contributed by atoms with van der Waals surface area (Å²) in [5, 5.41) is 8.93. The van der Waals surface area contributed by atoms with Gasteiger partial charge in [0.15, 0.2) is 0 Å². The zero-order chi connectivity index (χ0) is 12.8. The molecule has 2 N–H and O–H groups in total. The van der Waals surface area contributed by atoms with E-state index in [0.717, 1.165) is 16.7 Å². The fourth-order valence-corrected chi connectivity index (χ4v) is 1.63. The molecule has 0 saturated carbocycles. The van der Waals surface area contributed by atoms with Crippen LogP contribution in [0.15, 0.2) is 12.1 Å². The standard InChI is InChI=1S/C13H16N2O2/c1-3-17-13(16)6-10-5-12(8-15)11(7-14)4-9(10)2/h4-5H,3,6,8,15H2,1-2H3. The van der Waals surface area contributed by atoms with Crippen molar-refractivity contribution in [2.24, 2.45) is 5.73 Å². The van der Waals surface area contributed by atoms with Gasteiger partial charge in [0.1, 0.15) is 0 Å². The van der Waals surface area contributed by atoms with Gasteiger partial charge in [-0.2, -0.15) is 5.26 Å². The summed E-state index contributed by atoms with van der Waals surface area (Å²) >= 11 is 0. The number of hydrogen-bond donors (Lipinski definition) is 1. The highest BCUT2D eigenvalue weighted by Crippen LogP contribution is 2.17. The molecule has 0 amide bonds. The van der Waals surface area contributed by atoms with Crippen LogP contribution in [-0.2, 0) is 22.5 Å². The Morgan fingerprint density at radius 2 is 2.18 bits per heavy atom. The maximum Gasteiger partial charge on any atom is 0.310 e. The summed E-state index contributed by atoms with van der Waals surface area (Å²) < 4.78 is 4.90. The minimum Gasteiger partial charge on any atom is -0.466 e. The van der Waals surface area contributed by atoms with Crippen LogP contribution in [0.1, 0.15) is 29.2 Å². The average Bonchev–Trinajstić information content (AvgIpc) is 2.31. The molecule has 90 valence electrons. The number of ether oxygens (including phenoxy) is 1. The fourth-order valence-electron chi connectivity index (χ4n) is 1.63. The van der Waals surface area contributed by atoms with Crippen molar-refractivity contribution in [1.29, 1.82) is 5.26 Å². The third-order valence-corrected chi connectivity index (χ3v) is 2.54. The Morgan fingerprint density at radius 1 is 1.47 bits per heavy atom. The van der Waals surface area contributed by atoms with Crippen molar-refractivity contribution in [3.8, 4) is 6.07 Å². The maximum absolute atomic E-state index is 11.4. The number of carbonyl (C=O) groups excluding carboxylic acids is 1. The molecule has 1 aromatic rings. The Hall–Kier alpha value is -1.86. The van der Waals surface area contributed by atoms with Crippen molar-refractivity contribution in [1.82, 2.24) is 0 Å². The summed E-state index contributed by atoms with van der Waals surface area (Å²) in [5.74, 6) is -0.261. The summed E-state index contributed by atoms with van der Waals surface area (Å²) in [6, 6.07) is 5.67. The van der Waals surface area contributed by atoms with Crippen LogP contribution in [0, 0.1) is 18.3 Å². The normalized spacial score (nSPS) is 9.76. The first-order valence-corrected chi connectivity index (χ1v) is 5.50. The van der Waals surface area contributed by atoms with Gasteiger partial charge in [-0.05, 0) is 36.6 Å². The number of aryl methyl sites for hydroxylation is 1. The van der Waals surface area contributed by atoms with E-state index >= 15 is 0 Å². The van der Waals surface area contributed by atoms with Crippen molar-refractivity contribution < 1.29 is 9.53 Å². The predicted molar refractivity (Wildman–Crippen MR) is 64.1 cm³/mol. The van der Waals surface area contributed by atoms with Crippen LogP contribution >= 0.6 is 0 Å². The van der Waals surface area contributed by atoms with Gasteiger partial charge in [0.25, 0.3) is 0 Å². The number of nitrogens with zero attached hydrogens (tertiary/aromatic N) is 1. The Kier molecular flexibility index (Phi) is 4.68. The van der Waals surface area contributed by atoms with Crippen LogP contribution in [0.2, 0.25) is 0 Å². The second-order valence-corrected chi connectivity index (χ2v) is 3.73. The Balaban J connectivity index is 3.01. The molecule has 0 heterocycles. The molecule has 17 heavy (non-hydrogen) atoms. The Morgan fingerprint density at radius 3 is 2.71 bits per heavy atom.